The molecule has 3 rings (SSSR count). The zero-order chi connectivity index (χ0) is 19.3. The van der Waals surface area contributed by atoms with Crippen molar-refractivity contribution in [3.8, 4) is 0 Å². The molecule has 1 fully saturated rings. The van der Waals surface area contributed by atoms with Crippen LogP contribution in [0.15, 0.2) is 31.9 Å². The van der Waals surface area contributed by atoms with E-state index >= 15 is 0 Å². The second kappa shape index (κ2) is 6.37. The van der Waals surface area contributed by atoms with Crippen LogP contribution in [0.4, 0.5) is 13.6 Å². The maximum atomic E-state index is 14.8. The third kappa shape index (κ3) is 3.62. The fourth-order valence-corrected chi connectivity index (χ4v) is 3.38. The number of oxazole rings is 1. The second-order valence-corrected chi connectivity index (χ2v) is 8.23. The highest BCUT2D eigenvalue weighted by Crippen LogP contribution is 2.38. The highest BCUT2D eigenvalue weighted by atomic mass is 79.9. The summed E-state index contributed by atoms with van der Waals surface area (Å²) in [6.45, 7) is 4.25. The van der Waals surface area contributed by atoms with Gasteiger partial charge in [0.1, 0.15) is 11.6 Å². The molecule has 26 heavy (non-hydrogen) atoms. The molecule has 1 atom stereocenters. The number of nitrogens with zero attached hydrogens (tertiary/aromatic N) is 2. The minimum atomic E-state index is -3.31. The van der Waals surface area contributed by atoms with Crippen LogP contribution in [-0.4, -0.2) is 40.2 Å². The van der Waals surface area contributed by atoms with Crippen molar-refractivity contribution in [2.75, 3.05) is 13.1 Å². The fraction of sp³-hybridized carbons (Fsp3) is 0.529. The second-order valence-electron chi connectivity index (χ2n) is 7.32. The van der Waals surface area contributed by atoms with Crippen LogP contribution in [0.5, 0.6) is 0 Å². The number of carbonyl (C=O) groups is 1. The molecule has 1 saturated heterocycles. The van der Waals surface area contributed by atoms with Gasteiger partial charge in [-0.1, -0.05) is 15.9 Å². The molecular formula is C17H19BrF2N2O4. The third-order valence-corrected chi connectivity index (χ3v) is 4.59. The normalized spacial score (nSPS) is 20.4. The minimum Gasteiger partial charge on any atom is -0.444 e. The third-order valence-electron chi connectivity index (χ3n) is 4.10. The molecule has 0 spiro atoms. The zero-order valence-electron chi connectivity index (χ0n) is 14.6. The fourth-order valence-electron chi connectivity index (χ4n) is 3.03. The van der Waals surface area contributed by atoms with Gasteiger partial charge in [-0.2, -0.15) is 0 Å². The molecule has 0 saturated carbocycles. The van der Waals surface area contributed by atoms with Gasteiger partial charge in [-0.05, 0) is 45.4 Å². The van der Waals surface area contributed by atoms with Crippen molar-refractivity contribution in [2.24, 2.45) is 0 Å². The molecule has 1 unspecified atom stereocenters. The van der Waals surface area contributed by atoms with Crippen molar-refractivity contribution >= 4 is 33.1 Å². The monoisotopic (exact) mass is 432 g/mol. The molecule has 1 aromatic heterocycles. The maximum Gasteiger partial charge on any atom is 0.420 e. The summed E-state index contributed by atoms with van der Waals surface area (Å²) in [6, 6.07) is 3.38. The molecule has 142 valence electrons. The van der Waals surface area contributed by atoms with Gasteiger partial charge < -0.3 is 14.1 Å². The summed E-state index contributed by atoms with van der Waals surface area (Å²) in [7, 11) is 0. The van der Waals surface area contributed by atoms with Crippen molar-refractivity contribution < 1.29 is 22.7 Å². The zero-order valence-corrected chi connectivity index (χ0v) is 16.2. The number of hydrogen-bond donors (Lipinski definition) is 0. The van der Waals surface area contributed by atoms with E-state index in [1.165, 1.54) is 0 Å². The van der Waals surface area contributed by atoms with Crippen LogP contribution >= 0.6 is 15.9 Å². The Kier molecular flexibility index (Phi) is 4.62. The number of rotatable bonds is 1. The van der Waals surface area contributed by atoms with Gasteiger partial charge in [0.2, 0.25) is 0 Å². The number of benzene rings is 1. The number of carbonyl (C=O) groups excluding carboxylic acids is 1. The van der Waals surface area contributed by atoms with Crippen molar-refractivity contribution in [1.29, 1.82) is 0 Å². The van der Waals surface area contributed by atoms with Gasteiger partial charge in [-0.25, -0.2) is 18.4 Å². The lowest BCUT2D eigenvalue weighted by Gasteiger charge is -2.38. The lowest BCUT2D eigenvalue weighted by atomic mass is 10.0. The first kappa shape index (κ1) is 18.9. The molecule has 6 nitrogen and oxygen atoms in total. The van der Waals surface area contributed by atoms with Gasteiger partial charge in [0.15, 0.2) is 5.58 Å². The minimum absolute atomic E-state index is 0.0578. The largest absolute Gasteiger partial charge is 0.444 e. The molecular weight excluding hydrogens is 414 g/mol. The molecule has 1 aliphatic heterocycles. The van der Waals surface area contributed by atoms with Crippen molar-refractivity contribution in [3.05, 3.63) is 33.2 Å². The molecule has 2 heterocycles. The van der Waals surface area contributed by atoms with Crippen LogP contribution in [0, 0.1) is 0 Å². The summed E-state index contributed by atoms with van der Waals surface area (Å²) in [6.07, 6.45) is -0.879. The van der Waals surface area contributed by atoms with E-state index in [-0.39, 0.29) is 18.5 Å². The first-order valence-corrected chi connectivity index (χ1v) is 8.93. The van der Waals surface area contributed by atoms with Crippen molar-refractivity contribution in [2.45, 2.75) is 44.8 Å². The Bertz CT molecular complexity index is 900. The Morgan fingerprint density at radius 2 is 2.08 bits per heavy atom. The van der Waals surface area contributed by atoms with E-state index in [0.29, 0.717) is 9.99 Å². The van der Waals surface area contributed by atoms with E-state index in [2.05, 4.69) is 15.9 Å². The molecule has 1 amide bonds. The Hall–Kier alpha value is -1.90. The number of aromatic nitrogens is 1. The Balaban J connectivity index is 1.90. The predicted octanol–water partition coefficient (Wildman–Crippen LogP) is 4.17. The summed E-state index contributed by atoms with van der Waals surface area (Å²) in [5.41, 5.74) is -0.240. The number of ether oxygens (including phenoxy) is 1. The SMILES string of the molecule is CC(C)(C)OC(=O)N1CCC(n2c(=O)oc3ccc(Br)cc32)C(F)(F)C1. The van der Waals surface area contributed by atoms with E-state index in [0.717, 1.165) is 9.47 Å². The molecule has 0 radical (unpaired) electrons. The number of alkyl halides is 2. The van der Waals surface area contributed by atoms with Crippen LogP contribution in [0.2, 0.25) is 0 Å². The van der Waals surface area contributed by atoms with Crippen LogP contribution < -0.4 is 5.76 Å². The molecule has 9 heteroatoms. The number of halogens is 3. The predicted molar refractivity (Wildman–Crippen MR) is 94.6 cm³/mol. The van der Waals surface area contributed by atoms with E-state index in [1.54, 1.807) is 39.0 Å². The maximum absolute atomic E-state index is 14.8. The van der Waals surface area contributed by atoms with Crippen LogP contribution in [0.1, 0.15) is 33.2 Å². The van der Waals surface area contributed by atoms with Gasteiger partial charge >= 0.3 is 11.8 Å². The summed E-state index contributed by atoms with van der Waals surface area (Å²) in [5.74, 6) is -4.15. The van der Waals surface area contributed by atoms with Gasteiger partial charge in [0, 0.05) is 11.0 Å². The number of fused-ring (bicyclic) bond motifs is 1. The Morgan fingerprint density at radius 1 is 1.38 bits per heavy atom. The van der Waals surface area contributed by atoms with Crippen LogP contribution in [0.3, 0.4) is 0 Å². The average molecular weight is 433 g/mol. The molecule has 2 aromatic rings. The van der Waals surface area contributed by atoms with E-state index < -0.39 is 36.0 Å². The summed E-state index contributed by atoms with van der Waals surface area (Å²) >= 11 is 3.27. The van der Waals surface area contributed by atoms with Crippen LogP contribution in [-0.2, 0) is 4.74 Å². The number of amides is 1. The molecule has 0 bridgehead atoms. The summed E-state index contributed by atoms with van der Waals surface area (Å²) in [4.78, 5) is 25.3. The molecule has 1 aliphatic rings. The van der Waals surface area contributed by atoms with Gasteiger partial charge in [-0.3, -0.25) is 4.57 Å². The highest BCUT2D eigenvalue weighted by Gasteiger charge is 2.49. The van der Waals surface area contributed by atoms with E-state index in [4.69, 9.17) is 9.15 Å². The highest BCUT2D eigenvalue weighted by molar-refractivity contribution is 9.10. The number of likely N-dealkylation sites (tertiary alicyclic amines) is 1. The van der Waals surface area contributed by atoms with E-state index in [9.17, 15) is 18.4 Å². The lowest BCUT2D eigenvalue weighted by molar-refractivity contribution is -0.104. The van der Waals surface area contributed by atoms with Gasteiger partial charge in [-0.15, -0.1) is 0 Å². The summed E-state index contributed by atoms with van der Waals surface area (Å²) < 4.78 is 41.5. The summed E-state index contributed by atoms with van der Waals surface area (Å²) in [5, 5.41) is 0. The standard InChI is InChI=1S/C17H19BrF2N2O4/c1-16(2,3)26-14(23)21-7-6-13(17(19,20)9-21)22-11-8-10(18)4-5-12(11)25-15(22)24/h4-5,8,13H,6-7,9H2,1-3H3. The Labute approximate surface area is 156 Å². The first-order chi connectivity index (χ1) is 12.0. The number of hydrogen-bond acceptors (Lipinski definition) is 4. The van der Waals surface area contributed by atoms with Crippen molar-refractivity contribution in [3.63, 3.8) is 0 Å². The van der Waals surface area contributed by atoms with E-state index in [1.807, 2.05) is 0 Å². The smallest absolute Gasteiger partial charge is 0.420 e. The lowest BCUT2D eigenvalue weighted by Crippen LogP contribution is -2.53. The average Bonchev–Trinajstić information content (AvgIpc) is 2.80. The number of piperidine rings is 1. The molecule has 0 aliphatic carbocycles. The first-order valence-electron chi connectivity index (χ1n) is 8.14. The van der Waals surface area contributed by atoms with Gasteiger partial charge in [0.25, 0.3) is 5.92 Å². The molecule has 1 aromatic carbocycles. The topological polar surface area (TPSA) is 64.7 Å². The van der Waals surface area contributed by atoms with Crippen molar-refractivity contribution in [1.82, 2.24) is 9.47 Å². The Morgan fingerprint density at radius 3 is 2.69 bits per heavy atom. The van der Waals surface area contributed by atoms with Gasteiger partial charge in [0.05, 0.1) is 12.1 Å². The quantitative estimate of drug-likeness (QED) is 0.677. The van der Waals surface area contributed by atoms with Crippen LogP contribution in [0.25, 0.3) is 11.1 Å². The molecule has 0 N–H and O–H groups in total.